The van der Waals surface area contributed by atoms with Crippen molar-refractivity contribution in [2.75, 3.05) is 6.61 Å². The summed E-state index contributed by atoms with van der Waals surface area (Å²) in [5, 5.41) is 0. The fraction of sp³-hybridized carbons (Fsp3) is 0.457. The molecule has 1 aliphatic rings. The Kier molecular flexibility index (Phi) is 12.1. The molecule has 232 valence electrons. The third-order valence-electron chi connectivity index (χ3n) is 6.58. The van der Waals surface area contributed by atoms with E-state index in [0.29, 0.717) is 6.61 Å². The van der Waals surface area contributed by atoms with Gasteiger partial charge >= 0.3 is 6.16 Å². The highest BCUT2D eigenvalue weighted by Gasteiger charge is 2.51. The van der Waals surface area contributed by atoms with Crippen molar-refractivity contribution in [2.24, 2.45) is 0 Å². The topological polar surface area (TPSA) is 81.7 Å². The number of benzene rings is 3. The van der Waals surface area contributed by atoms with E-state index in [1.54, 1.807) is 20.8 Å². The van der Waals surface area contributed by atoms with E-state index in [-0.39, 0.29) is 25.9 Å². The van der Waals surface area contributed by atoms with Crippen LogP contribution in [0.25, 0.3) is 0 Å². The first-order valence-corrected chi connectivity index (χ1v) is 14.8. The zero-order valence-corrected chi connectivity index (χ0v) is 25.7. The van der Waals surface area contributed by atoms with Gasteiger partial charge in [0, 0.05) is 0 Å². The molecule has 8 nitrogen and oxygen atoms in total. The van der Waals surface area contributed by atoms with Crippen molar-refractivity contribution in [3.05, 3.63) is 108 Å². The molecule has 1 saturated heterocycles. The van der Waals surface area contributed by atoms with E-state index in [1.807, 2.05) is 105 Å². The molecular formula is C35H44O8. The van der Waals surface area contributed by atoms with E-state index in [4.69, 9.17) is 33.2 Å². The van der Waals surface area contributed by atoms with E-state index in [1.165, 1.54) is 0 Å². The minimum atomic E-state index is -0.915. The number of rotatable bonds is 13. The number of carbonyl (C=O) groups is 1. The van der Waals surface area contributed by atoms with Gasteiger partial charge in [-0.25, -0.2) is 4.79 Å². The molecule has 0 unspecified atom stereocenters. The van der Waals surface area contributed by atoms with Gasteiger partial charge in [0.15, 0.2) is 12.4 Å². The summed E-state index contributed by atoms with van der Waals surface area (Å²) in [7, 11) is 0. The molecule has 1 aliphatic heterocycles. The third kappa shape index (κ3) is 10.7. The van der Waals surface area contributed by atoms with Crippen molar-refractivity contribution < 1.29 is 38.0 Å². The molecule has 0 radical (unpaired) electrons. The first kappa shape index (κ1) is 32.6. The van der Waals surface area contributed by atoms with E-state index in [9.17, 15) is 4.79 Å². The van der Waals surface area contributed by atoms with Gasteiger partial charge in [0.25, 0.3) is 0 Å². The number of ether oxygens (including phenoxy) is 7. The highest BCUT2D eigenvalue weighted by Crippen LogP contribution is 2.32. The normalized spacial score (nSPS) is 22.3. The molecule has 1 fully saturated rings. The summed E-state index contributed by atoms with van der Waals surface area (Å²) in [6.07, 6.45) is -4.94. The number of hydrogen-bond acceptors (Lipinski definition) is 8. The highest BCUT2D eigenvalue weighted by molar-refractivity contribution is 5.61. The molecule has 0 bridgehead atoms. The second kappa shape index (κ2) is 16.0. The van der Waals surface area contributed by atoms with Crippen molar-refractivity contribution in [2.45, 2.75) is 96.9 Å². The van der Waals surface area contributed by atoms with Gasteiger partial charge < -0.3 is 33.2 Å². The minimum Gasteiger partial charge on any atom is -0.429 e. The summed E-state index contributed by atoms with van der Waals surface area (Å²) in [6, 6.07) is 29.5. The maximum atomic E-state index is 13.1. The van der Waals surface area contributed by atoms with Crippen molar-refractivity contribution in [3.8, 4) is 0 Å². The molecule has 8 heteroatoms. The summed E-state index contributed by atoms with van der Waals surface area (Å²) < 4.78 is 43.4. The van der Waals surface area contributed by atoms with Gasteiger partial charge in [0.05, 0.1) is 32.5 Å². The zero-order chi connectivity index (χ0) is 30.7. The van der Waals surface area contributed by atoms with Crippen LogP contribution in [0.3, 0.4) is 0 Å². The van der Waals surface area contributed by atoms with Crippen molar-refractivity contribution in [1.82, 2.24) is 0 Å². The average molecular weight is 593 g/mol. The first-order chi connectivity index (χ1) is 20.7. The summed E-state index contributed by atoms with van der Waals surface area (Å²) >= 11 is 0. The average Bonchev–Trinajstić information content (AvgIpc) is 2.97. The number of hydrogen-bond donors (Lipinski definition) is 0. The molecule has 4 rings (SSSR count). The summed E-state index contributed by atoms with van der Waals surface area (Å²) in [4.78, 5) is 13.1. The Morgan fingerprint density at radius 1 is 0.721 bits per heavy atom. The van der Waals surface area contributed by atoms with Crippen LogP contribution in [-0.2, 0) is 53.0 Å². The molecule has 43 heavy (non-hydrogen) atoms. The lowest BCUT2D eigenvalue weighted by Crippen LogP contribution is -2.62. The number of carbonyl (C=O) groups excluding carboxylic acids is 1. The minimum absolute atomic E-state index is 0.122. The predicted octanol–water partition coefficient (Wildman–Crippen LogP) is 6.84. The van der Waals surface area contributed by atoms with Gasteiger partial charge in [-0.3, -0.25) is 0 Å². The monoisotopic (exact) mass is 592 g/mol. The van der Waals surface area contributed by atoms with E-state index in [0.717, 1.165) is 16.7 Å². The van der Waals surface area contributed by atoms with Crippen LogP contribution in [0.4, 0.5) is 4.79 Å². The molecule has 0 N–H and O–H groups in total. The molecule has 1 heterocycles. The summed E-state index contributed by atoms with van der Waals surface area (Å²) in [6.45, 7) is 10.2. The molecule has 3 aromatic carbocycles. The van der Waals surface area contributed by atoms with Gasteiger partial charge in [0.1, 0.15) is 23.9 Å². The molecule has 0 aromatic heterocycles. The van der Waals surface area contributed by atoms with Gasteiger partial charge in [0.2, 0.25) is 0 Å². The Morgan fingerprint density at radius 3 is 1.70 bits per heavy atom. The SMILES string of the molecule is CC(C)O[C@@H]1O[C@H](COCc2ccccc2)[C@@H](OC(=O)OC(C)(C)C)[C@H](OCc2ccccc2)[C@@H]1OCc1ccccc1. The van der Waals surface area contributed by atoms with Crippen LogP contribution in [0.15, 0.2) is 91.0 Å². The molecule has 0 aliphatic carbocycles. The van der Waals surface area contributed by atoms with E-state index < -0.39 is 42.5 Å². The molecule has 0 spiro atoms. The van der Waals surface area contributed by atoms with Crippen LogP contribution >= 0.6 is 0 Å². The second-order valence-electron chi connectivity index (χ2n) is 11.8. The van der Waals surface area contributed by atoms with Crippen LogP contribution in [0.2, 0.25) is 0 Å². The van der Waals surface area contributed by atoms with Gasteiger partial charge in [-0.2, -0.15) is 0 Å². The van der Waals surface area contributed by atoms with Crippen LogP contribution in [0.5, 0.6) is 0 Å². The quantitative estimate of drug-likeness (QED) is 0.200. The molecule has 0 saturated carbocycles. The van der Waals surface area contributed by atoms with Gasteiger partial charge in [-0.15, -0.1) is 0 Å². The smallest absolute Gasteiger partial charge is 0.429 e. The fourth-order valence-electron chi connectivity index (χ4n) is 4.68. The lowest BCUT2D eigenvalue weighted by atomic mass is 9.98. The van der Waals surface area contributed by atoms with Gasteiger partial charge in [-0.1, -0.05) is 91.0 Å². The third-order valence-corrected chi connectivity index (χ3v) is 6.58. The Bertz CT molecular complexity index is 1210. The molecule has 5 atom stereocenters. The lowest BCUT2D eigenvalue weighted by Gasteiger charge is -2.45. The largest absolute Gasteiger partial charge is 0.509 e. The van der Waals surface area contributed by atoms with Gasteiger partial charge in [-0.05, 0) is 51.3 Å². The van der Waals surface area contributed by atoms with E-state index in [2.05, 4.69) is 0 Å². The maximum absolute atomic E-state index is 13.1. The standard InChI is InChI=1S/C35H44O8/c1-25(2)40-33-32(39-23-28-19-13-8-14-20-28)31(38-22-27-17-11-7-12-18-27)30(42-34(36)43-35(3,4)5)29(41-33)24-37-21-26-15-9-6-10-16-26/h6-20,25,29-33H,21-24H2,1-5H3/t29-,30-,31+,32+,33-/m1/s1. The Balaban J connectivity index is 1.63. The Labute approximate surface area is 255 Å². The highest BCUT2D eigenvalue weighted by atomic mass is 16.8. The first-order valence-electron chi connectivity index (χ1n) is 14.8. The maximum Gasteiger partial charge on any atom is 0.509 e. The van der Waals surface area contributed by atoms with Crippen molar-refractivity contribution >= 4 is 6.16 Å². The zero-order valence-electron chi connectivity index (χ0n) is 25.7. The molecule has 3 aromatic rings. The Morgan fingerprint density at radius 2 is 1.21 bits per heavy atom. The van der Waals surface area contributed by atoms with Crippen LogP contribution in [0, 0.1) is 0 Å². The fourth-order valence-corrected chi connectivity index (χ4v) is 4.68. The molecular weight excluding hydrogens is 548 g/mol. The van der Waals surface area contributed by atoms with Crippen LogP contribution in [-0.4, -0.2) is 55.2 Å². The van der Waals surface area contributed by atoms with Crippen molar-refractivity contribution in [1.29, 1.82) is 0 Å². The van der Waals surface area contributed by atoms with Crippen LogP contribution in [0.1, 0.15) is 51.3 Å². The predicted molar refractivity (Wildman–Crippen MR) is 162 cm³/mol. The molecule has 0 amide bonds. The summed E-state index contributed by atoms with van der Waals surface area (Å²) in [5.74, 6) is 0. The van der Waals surface area contributed by atoms with Crippen LogP contribution < -0.4 is 0 Å². The summed E-state index contributed by atoms with van der Waals surface area (Å²) in [5.41, 5.74) is 2.20. The second-order valence-corrected chi connectivity index (χ2v) is 11.8. The van der Waals surface area contributed by atoms with E-state index >= 15 is 0 Å². The van der Waals surface area contributed by atoms with Crippen molar-refractivity contribution in [3.63, 3.8) is 0 Å². The lowest BCUT2D eigenvalue weighted by molar-refractivity contribution is -0.328. The Hall–Kier alpha value is -3.27.